The minimum atomic E-state index is -1.23. The fourth-order valence-corrected chi connectivity index (χ4v) is 10.2. The molecule has 0 saturated carbocycles. The van der Waals surface area contributed by atoms with Crippen molar-refractivity contribution in [3.05, 3.63) is 101 Å². The lowest BCUT2D eigenvalue weighted by molar-refractivity contribution is -0.138. The quantitative estimate of drug-likeness (QED) is 0.138. The molecule has 5 amide bonds. The van der Waals surface area contributed by atoms with Crippen molar-refractivity contribution in [3.8, 4) is 11.1 Å². The molecule has 3 fully saturated rings. The first-order valence-corrected chi connectivity index (χ1v) is 23.0. The third-order valence-electron chi connectivity index (χ3n) is 13.4. The number of nitrogens with zero attached hydrogens (tertiary/aromatic N) is 8. The van der Waals surface area contributed by atoms with Crippen LogP contribution < -0.4 is 25.8 Å². The fraction of sp³-hybridized carbons (Fsp3) is 0.391. The van der Waals surface area contributed by atoms with Crippen molar-refractivity contribution in [2.45, 2.75) is 75.7 Å². The van der Waals surface area contributed by atoms with E-state index < -0.39 is 47.0 Å². The summed E-state index contributed by atoms with van der Waals surface area (Å²) in [6.07, 6.45) is 7.55. The molecule has 17 nitrogen and oxygen atoms in total. The number of aromatic nitrogens is 4. The number of benzene rings is 2. The van der Waals surface area contributed by atoms with Gasteiger partial charge in [-0.25, -0.2) is 23.7 Å². The number of fused-ring (bicyclic) bond motifs is 2. The number of piperidine rings is 2. The molecule has 8 heterocycles. The largest absolute Gasteiger partial charge is 0.389 e. The number of rotatable bonds is 11. The van der Waals surface area contributed by atoms with Crippen LogP contribution in [0.4, 0.5) is 31.1 Å². The van der Waals surface area contributed by atoms with E-state index in [1.54, 1.807) is 47.2 Å². The maximum Gasteiger partial charge on any atom is 0.255 e. The van der Waals surface area contributed by atoms with Crippen molar-refractivity contribution in [2.24, 2.45) is 0 Å². The van der Waals surface area contributed by atoms with Crippen LogP contribution in [0.1, 0.15) is 71.9 Å². The minimum Gasteiger partial charge on any atom is -0.389 e. The molecule has 10 rings (SSSR count). The standard InChI is InChI=1S/C46H47F2N11O6S/c47-32-21-28(20-30-31(32)25-59(44(30)64)41(43(63)54-45-49-11-19-66-45)40-36-2-1-12-58(36)26-51-40)27-3-7-37(50-24-27)56-15-17-57(18-16-56)39(61)23-46(65)9-13-55(14-10-46)35-6-4-29(22-33(35)48)52-34-5-8-38(60)53-42(34)62/h3-4,6-7,11,19-22,24,26,34,41,52,65H,1-2,5,8-10,12-18,23,25H2,(H,49,54,63)(H,53,60,62). The zero-order valence-electron chi connectivity index (χ0n) is 35.8. The summed E-state index contributed by atoms with van der Waals surface area (Å²) < 4.78 is 33.2. The van der Waals surface area contributed by atoms with Crippen LogP contribution in [0.5, 0.6) is 0 Å². The van der Waals surface area contributed by atoms with Gasteiger partial charge in [-0.3, -0.25) is 34.6 Å². The van der Waals surface area contributed by atoms with Gasteiger partial charge in [0, 0.05) is 98.1 Å². The summed E-state index contributed by atoms with van der Waals surface area (Å²) in [6, 6.07) is 9.58. The maximum absolute atomic E-state index is 15.9. The lowest BCUT2D eigenvalue weighted by Gasteiger charge is -2.41. The summed E-state index contributed by atoms with van der Waals surface area (Å²) in [4.78, 5) is 85.5. The number of imide groups is 1. The van der Waals surface area contributed by atoms with Gasteiger partial charge in [0.25, 0.3) is 11.8 Å². The van der Waals surface area contributed by atoms with Crippen LogP contribution in [-0.4, -0.2) is 115 Å². The van der Waals surface area contributed by atoms with Gasteiger partial charge in [-0.2, -0.15) is 0 Å². The van der Waals surface area contributed by atoms with Gasteiger partial charge in [0.2, 0.25) is 17.7 Å². The molecule has 0 aliphatic carbocycles. The summed E-state index contributed by atoms with van der Waals surface area (Å²) in [6.45, 7) is 3.24. The van der Waals surface area contributed by atoms with Crippen molar-refractivity contribution < 1.29 is 37.9 Å². The molecule has 5 aromatic rings. The maximum atomic E-state index is 15.9. The second-order valence-corrected chi connectivity index (χ2v) is 18.4. The second-order valence-electron chi connectivity index (χ2n) is 17.5. The van der Waals surface area contributed by atoms with Crippen molar-refractivity contribution in [1.29, 1.82) is 0 Å². The van der Waals surface area contributed by atoms with Gasteiger partial charge < -0.3 is 34.6 Å². The molecule has 0 spiro atoms. The molecular formula is C46H47F2N11O6S. The topological polar surface area (TPSA) is 198 Å². The summed E-state index contributed by atoms with van der Waals surface area (Å²) in [5.41, 5.74) is 2.37. The number of aryl methyl sites for hydroxylation is 1. The molecule has 5 aliphatic heterocycles. The molecule has 3 saturated heterocycles. The van der Waals surface area contributed by atoms with Gasteiger partial charge in [0.1, 0.15) is 23.5 Å². The number of thiazole rings is 1. The Morgan fingerprint density at radius 1 is 0.909 bits per heavy atom. The number of hydrogen-bond donors (Lipinski definition) is 4. The van der Waals surface area contributed by atoms with Gasteiger partial charge in [-0.15, -0.1) is 11.3 Å². The van der Waals surface area contributed by atoms with E-state index in [2.05, 4.69) is 35.8 Å². The van der Waals surface area contributed by atoms with Crippen molar-refractivity contribution in [1.82, 2.24) is 34.6 Å². The van der Waals surface area contributed by atoms with Crippen molar-refractivity contribution in [3.63, 3.8) is 0 Å². The van der Waals surface area contributed by atoms with Crippen LogP contribution in [0, 0.1) is 11.6 Å². The van der Waals surface area contributed by atoms with Gasteiger partial charge in [0.05, 0.1) is 36.3 Å². The minimum absolute atomic E-state index is 0.0470. The van der Waals surface area contributed by atoms with E-state index in [1.807, 2.05) is 21.6 Å². The molecule has 2 unspecified atom stereocenters. The molecular weight excluding hydrogens is 873 g/mol. The van der Waals surface area contributed by atoms with E-state index >= 15 is 8.78 Å². The van der Waals surface area contributed by atoms with Crippen LogP contribution in [0.15, 0.2) is 66.6 Å². The zero-order valence-corrected chi connectivity index (χ0v) is 36.7. The molecule has 2 aromatic carbocycles. The molecule has 0 bridgehead atoms. The third-order valence-corrected chi connectivity index (χ3v) is 14.1. The lowest BCUT2D eigenvalue weighted by atomic mass is 9.87. The Morgan fingerprint density at radius 2 is 1.73 bits per heavy atom. The molecule has 20 heteroatoms. The number of anilines is 4. The highest BCUT2D eigenvalue weighted by Gasteiger charge is 2.43. The van der Waals surface area contributed by atoms with E-state index in [4.69, 9.17) is 0 Å². The van der Waals surface area contributed by atoms with Crippen LogP contribution in [0.2, 0.25) is 0 Å². The number of carbonyl (C=O) groups is 5. The molecule has 342 valence electrons. The Bertz CT molecular complexity index is 2720. The number of pyridine rings is 1. The first-order valence-electron chi connectivity index (χ1n) is 22.1. The normalized spacial score (nSPS) is 19.7. The van der Waals surface area contributed by atoms with Gasteiger partial charge in [-0.05, 0) is 80.1 Å². The van der Waals surface area contributed by atoms with E-state index in [1.165, 1.54) is 28.4 Å². The molecule has 3 aromatic heterocycles. The lowest BCUT2D eigenvalue weighted by Crippen LogP contribution is -2.52. The predicted octanol–water partition coefficient (Wildman–Crippen LogP) is 4.25. The Balaban J connectivity index is 0.735. The number of imidazole rings is 1. The Kier molecular flexibility index (Phi) is 11.5. The van der Waals surface area contributed by atoms with E-state index in [0.717, 1.165) is 18.7 Å². The average Bonchev–Trinajstić information content (AvgIpc) is 4.13. The molecule has 66 heavy (non-hydrogen) atoms. The van der Waals surface area contributed by atoms with Crippen LogP contribution in [-0.2, 0) is 38.7 Å². The van der Waals surface area contributed by atoms with Gasteiger partial charge in [-0.1, -0.05) is 0 Å². The SMILES string of the molecule is O=C1CCC(Nc2ccc(N3CCC(O)(CC(=O)N4CCN(c5ccc(-c6cc(F)c7c(c6)C(=O)N(C(C(=O)Nc6nccs6)c6ncn8c6CCC8)C7)cn5)CC4)CC3)c(F)c2)C(=O)N1. The number of aliphatic hydroxyl groups is 1. The Morgan fingerprint density at radius 3 is 2.45 bits per heavy atom. The highest BCUT2D eigenvalue weighted by molar-refractivity contribution is 7.13. The number of halogens is 2. The van der Waals surface area contributed by atoms with E-state index in [0.29, 0.717) is 91.3 Å². The number of hydrogen-bond acceptors (Lipinski definition) is 13. The Hall–Kier alpha value is -6.80. The smallest absolute Gasteiger partial charge is 0.255 e. The van der Waals surface area contributed by atoms with Crippen LogP contribution in [0.3, 0.4) is 0 Å². The summed E-state index contributed by atoms with van der Waals surface area (Å²) in [5, 5.41) is 21.7. The number of nitrogens with one attached hydrogen (secondary N) is 3. The van der Waals surface area contributed by atoms with Crippen molar-refractivity contribution >= 4 is 63.2 Å². The highest BCUT2D eigenvalue weighted by atomic mass is 32.1. The molecule has 0 radical (unpaired) electrons. The predicted molar refractivity (Wildman–Crippen MR) is 240 cm³/mol. The van der Waals surface area contributed by atoms with Crippen molar-refractivity contribution in [2.75, 3.05) is 59.7 Å². The highest BCUT2D eigenvalue weighted by Crippen LogP contribution is 2.38. The average molecular weight is 920 g/mol. The zero-order chi connectivity index (χ0) is 45.7. The van der Waals surface area contributed by atoms with Gasteiger partial charge >= 0.3 is 0 Å². The second kappa shape index (κ2) is 17.5. The van der Waals surface area contributed by atoms with Crippen LogP contribution >= 0.6 is 11.3 Å². The Labute approximate surface area is 381 Å². The van der Waals surface area contributed by atoms with Crippen LogP contribution in [0.25, 0.3) is 11.1 Å². The first kappa shape index (κ1) is 43.1. The monoisotopic (exact) mass is 919 g/mol. The summed E-state index contributed by atoms with van der Waals surface area (Å²) in [5.74, 6) is -2.23. The summed E-state index contributed by atoms with van der Waals surface area (Å²) >= 11 is 1.26. The van der Waals surface area contributed by atoms with Gasteiger partial charge in [0.15, 0.2) is 11.2 Å². The fourth-order valence-electron chi connectivity index (χ4n) is 9.71. The third kappa shape index (κ3) is 8.45. The van der Waals surface area contributed by atoms with E-state index in [9.17, 15) is 29.1 Å². The molecule has 2 atom stereocenters. The molecule has 5 aliphatic rings. The number of amides is 5. The molecule has 4 N–H and O–H groups in total. The number of carbonyl (C=O) groups excluding carboxylic acids is 5. The first-order chi connectivity index (χ1) is 31.9. The number of piperazine rings is 1. The summed E-state index contributed by atoms with van der Waals surface area (Å²) in [7, 11) is 0. The van der Waals surface area contributed by atoms with E-state index in [-0.39, 0.29) is 55.2 Å².